The molecule has 0 unspecified atom stereocenters. The number of nitriles is 1. The second kappa shape index (κ2) is 4.24. The molecule has 0 bridgehead atoms. The second-order valence-corrected chi connectivity index (χ2v) is 4.90. The summed E-state index contributed by atoms with van der Waals surface area (Å²) >= 11 is 0. The standard InChI is InChI=1S/C10H8FNO2S/c1-15(13,14)9(7-12)6-8-4-2-3-5-10(8)11/h2-6H,1H3/b9-6-. The summed E-state index contributed by atoms with van der Waals surface area (Å²) < 4.78 is 35.3. The van der Waals surface area contributed by atoms with Crippen molar-refractivity contribution in [2.75, 3.05) is 6.26 Å². The fourth-order valence-electron chi connectivity index (χ4n) is 0.956. The molecule has 0 spiro atoms. The van der Waals surface area contributed by atoms with Gasteiger partial charge >= 0.3 is 0 Å². The van der Waals surface area contributed by atoms with E-state index in [1.807, 2.05) is 0 Å². The highest BCUT2D eigenvalue weighted by molar-refractivity contribution is 7.95. The zero-order valence-corrected chi connectivity index (χ0v) is 8.75. The number of hydrogen-bond donors (Lipinski definition) is 0. The van der Waals surface area contributed by atoms with Crippen molar-refractivity contribution >= 4 is 15.9 Å². The van der Waals surface area contributed by atoms with Crippen LogP contribution in [0.4, 0.5) is 4.39 Å². The lowest BCUT2D eigenvalue weighted by Crippen LogP contribution is -1.98. The quantitative estimate of drug-likeness (QED) is 0.720. The molecule has 5 heteroatoms. The Morgan fingerprint density at radius 2 is 2.07 bits per heavy atom. The van der Waals surface area contributed by atoms with Crippen LogP contribution in [0.3, 0.4) is 0 Å². The van der Waals surface area contributed by atoms with E-state index in [-0.39, 0.29) is 5.56 Å². The number of benzene rings is 1. The number of nitrogens with zero attached hydrogens (tertiary/aromatic N) is 1. The molecule has 0 aliphatic carbocycles. The molecule has 0 aliphatic heterocycles. The van der Waals surface area contributed by atoms with Gasteiger partial charge in [0.2, 0.25) is 0 Å². The lowest BCUT2D eigenvalue weighted by molar-refractivity contribution is 0.609. The molecule has 3 nitrogen and oxygen atoms in total. The van der Waals surface area contributed by atoms with Crippen LogP contribution < -0.4 is 0 Å². The number of sulfone groups is 1. The van der Waals surface area contributed by atoms with E-state index in [4.69, 9.17) is 5.26 Å². The van der Waals surface area contributed by atoms with E-state index in [9.17, 15) is 12.8 Å². The van der Waals surface area contributed by atoms with Crippen LogP contribution >= 0.6 is 0 Å². The van der Waals surface area contributed by atoms with E-state index in [1.54, 1.807) is 6.07 Å². The minimum atomic E-state index is -3.60. The monoisotopic (exact) mass is 225 g/mol. The largest absolute Gasteiger partial charge is 0.223 e. The van der Waals surface area contributed by atoms with Gasteiger partial charge in [-0.2, -0.15) is 5.26 Å². The van der Waals surface area contributed by atoms with Gasteiger partial charge in [-0.1, -0.05) is 18.2 Å². The van der Waals surface area contributed by atoms with Gasteiger partial charge in [0.05, 0.1) is 0 Å². The summed E-state index contributed by atoms with van der Waals surface area (Å²) in [5, 5.41) is 8.59. The van der Waals surface area contributed by atoms with Crippen LogP contribution in [-0.2, 0) is 9.84 Å². The predicted octanol–water partition coefficient (Wildman–Crippen LogP) is 1.73. The molecule has 1 aromatic rings. The first-order valence-corrected chi connectivity index (χ1v) is 5.90. The van der Waals surface area contributed by atoms with Crippen molar-refractivity contribution in [3.8, 4) is 6.07 Å². The average Bonchev–Trinajstić information content (AvgIpc) is 2.14. The maximum atomic E-state index is 13.1. The Hall–Kier alpha value is -1.67. The van der Waals surface area contributed by atoms with Gasteiger partial charge in [-0.05, 0) is 12.1 Å². The maximum Gasteiger partial charge on any atom is 0.185 e. The topological polar surface area (TPSA) is 57.9 Å². The SMILES string of the molecule is CS(=O)(=O)/C(C#N)=C\c1ccccc1F. The van der Waals surface area contributed by atoms with E-state index in [1.165, 1.54) is 24.3 Å². The molecule has 0 aromatic heterocycles. The highest BCUT2D eigenvalue weighted by Crippen LogP contribution is 2.13. The van der Waals surface area contributed by atoms with Crippen LogP contribution in [-0.4, -0.2) is 14.7 Å². The molecular formula is C10H8FNO2S. The van der Waals surface area contributed by atoms with Gasteiger partial charge in [0.25, 0.3) is 0 Å². The van der Waals surface area contributed by atoms with Crippen molar-refractivity contribution in [1.29, 1.82) is 5.26 Å². The summed E-state index contributed by atoms with van der Waals surface area (Å²) in [7, 11) is -3.60. The van der Waals surface area contributed by atoms with E-state index >= 15 is 0 Å². The summed E-state index contributed by atoms with van der Waals surface area (Å²) in [6, 6.07) is 7.17. The summed E-state index contributed by atoms with van der Waals surface area (Å²) in [4.78, 5) is -0.451. The third-order valence-electron chi connectivity index (χ3n) is 1.70. The van der Waals surface area contributed by atoms with E-state index in [0.717, 1.165) is 12.3 Å². The normalized spacial score (nSPS) is 12.2. The summed E-state index contributed by atoms with van der Waals surface area (Å²) in [6.45, 7) is 0. The molecule has 0 heterocycles. The van der Waals surface area contributed by atoms with Crippen molar-refractivity contribution in [3.05, 3.63) is 40.6 Å². The van der Waals surface area contributed by atoms with E-state index < -0.39 is 20.6 Å². The van der Waals surface area contributed by atoms with Crippen molar-refractivity contribution < 1.29 is 12.8 Å². The fraction of sp³-hybridized carbons (Fsp3) is 0.100. The Balaban J connectivity index is 3.30. The van der Waals surface area contributed by atoms with Crippen molar-refractivity contribution in [2.24, 2.45) is 0 Å². The van der Waals surface area contributed by atoms with Crippen LogP contribution in [0.1, 0.15) is 5.56 Å². The van der Waals surface area contributed by atoms with Crippen molar-refractivity contribution in [3.63, 3.8) is 0 Å². The fourth-order valence-corrected chi connectivity index (χ4v) is 1.46. The van der Waals surface area contributed by atoms with Crippen LogP contribution in [0.25, 0.3) is 6.08 Å². The summed E-state index contributed by atoms with van der Waals surface area (Å²) in [6.07, 6.45) is 1.92. The van der Waals surface area contributed by atoms with Crippen molar-refractivity contribution in [1.82, 2.24) is 0 Å². The molecule has 0 fully saturated rings. The lowest BCUT2D eigenvalue weighted by Gasteiger charge is -1.97. The number of rotatable bonds is 2. The Morgan fingerprint density at radius 3 is 2.53 bits per heavy atom. The Bertz CT molecular complexity index is 541. The molecule has 1 aromatic carbocycles. The molecular weight excluding hydrogens is 217 g/mol. The van der Waals surface area contributed by atoms with Gasteiger partial charge in [0.1, 0.15) is 16.8 Å². The first-order valence-electron chi connectivity index (χ1n) is 4.01. The Kier molecular flexibility index (Phi) is 3.22. The first-order chi connectivity index (χ1) is 6.95. The van der Waals surface area contributed by atoms with Gasteiger partial charge in [0, 0.05) is 11.8 Å². The third-order valence-corrected chi connectivity index (χ3v) is 2.71. The molecule has 0 saturated carbocycles. The lowest BCUT2D eigenvalue weighted by atomic mass is 10.2. The maximum absolute atomic E-state index is 13.1. The van der Waals surface area contributed by atoms with Crippen molar-refractivity contribution in [2.45, 2.75) is 0 Å². The van der Waals surface area contributed by atoms with Gasteiger partial charge in [-0.25, -0.2) is 12.8 Å². The molecule has 1 rings (SSSR count). The van der Waals surface area contributed by atoms with Crippen LogP contribution in [0.5, 0.6) is 0 Å². The van der Waals surface area contributed by atoms with E-state index in [0.29, 0.717) is 0 Å². The third kappa shape index (κ3) is 2.89. The Labute approximate surface area is 87.4 Å². The highest BCUT2D eigenvalue weighted by Gasteiger charge is 2.11. The van der Waals surface area contributed by atoms with Gasteiger partial charge in [-0.15, -0.1) is 0 Å². The summed E-state index contributed by atoms with van der Waals surface area (Å²) in [5.41, 5.74) is 0.0828. The Morgan fingerprint density at radius 1 is 1.47 bits per heavy atom. The molecule has 0 atom stereocenters. The second-order valence-electron chi connectivity index (χ2n) is 2.91. The summed E-state index contributed by atoms with van der Waals surface area (Å²) in [5.74, 6) is -0.561. The molecule has 0 saturated heterocycles. The number of halogens is 1. The number of allylic oxidation sites excluding steroid dienone is 1. The predicted molar refractivity (Wildman–Crippen MR) is 54.8 cm³/mol. The van der Waals surface area contributed by atoms with Gasteiger partial charge < -0.3 is 0 Å². The minimum Gasteiger partial charge on any atom is -0.223 e. The first kappa shape index (κ1) is 11.4. The molecule has 0 radical (unpaired) electrons. The van der Waals surface area contributed by atoms with E-state index in [2.05, 4.69) is 0 Å². The molecule has 0 amide bonds. The minimum absolute atomic E-state index is 0.0828. The van der Waals surface area contributed by atoms with Crippen LogP contribution in [0.15, 0.2) is 29.2 Å². The number of hydrogen-bond acceptors (Lipinski definition) is 3. The van der Waals surface area contributed by atoms with Gasteiger partial charge in [-0.3, -0.25) is 0 Å². The van der Waals surface area contributed by atoms with Crippen LogP contribution in [0.2, 0.25) is 0 Å². The molecule has 0 aliphatic rings. The molecule has 78 valence electrons. The highest BCUT2D eigenvalue weighted by atomic mass is 32.2. The zero-order chi connectivity index (χ0) is 11.5. The molecule has 0 N–H and O–H groups in total. The average molecular weight is 225 g/mol. The zero-order valence-electron chi connectivity index (χ0n) is 7.94. The van der Waals surface area contributed by atoms with Gasteiger partial charge in [0.15, 0.2) is 9.84 Å². The van der Waals surface area contributed by atoms with Crippen LogP contribution in [0, 0.1) is 17.1 Å². The molecule has 15 heavy (non-hydrogen) atoms. The smallest absolute Gasteiger partial charge is 0.185 e.